The number of carbonyl (C=O) groups excluding carboxylic acids is 1. The van der Waals surface area contributed by atoms with Crippen LogP contribution in [0.2, 0.25) is 0 Å². The van der Waals surface area contributed by atoms with Gasteiger partial charge in [-0.3, -0.25) is 4.79 Å². The SMILES string of the molecule is CC12CC3CC(C1)CC(C(=O)C1CCCCC1)(C3)C2. The monoisotopic (exact) mass is 260 g/mol. The molecule has 5 saturated carbocycles. The van der Waals surface area contributed by atoms with Crippen LogP contribution < -0.4 is 0 Å². The van der Waals surface area contributed by atoms with Crippen molar-refractivity contribution in [2.75, 3.05) is 0 Å². The van der Waals surface area contributed by atoms with Crippen LogP contribution in [0.3, 0.4) is 0 Å². The van der Waals surface area contributed by atoms with E-state index >= 15 is 0 Å². The Bertz CT molecular complexity index is 376. The van der Waals surface area contributed by atoms with Crippen molar-refractivity contribution in [2.24, 2.45) is 28.6 Å². The zero-order valence-electron chi connectivity index (χ0n) is 12.4. The highest BCUT2D eigenvalue weighted by Crippen LogP contribution is 2.66. The molecule has 5 aliphatic rings. The smallest absolute Gasteiger partial charge is 0.142 e. The number of Topliss-reactive ketones (excluding diaryl/α,β-unsaturated/α-hetero) is 1. The van der Waals surface area contributed by atoms with Crippen LogP contribution >= 0.6 is 0 Å². The molecule has 106 valence electrons. The molecule has 0 heterocycles. The van der Waals surface area contributed by atoms with Crippen molar-refractivity contribution in [2.45, 2.75) is 77.6 Å². The first-order valence-electron chi connectivity index (χ1n) is 8.63. The number of hydrogen-bond donors (Lipinski definition) is 0. The van der Waals surface area contributed by atoms with Gasteiger partial charge in [0.05, 0.1) is 0 Å². The molecular formula is C18H28O. The van der Waals surface area contributed by atoms with Gasteiger partial charge in [-0.2, -0.15) is 0 Å². The highest BCUT2D eigenvalue weighted by Gasteiger charge is 2.59. The van der Waals surface area contributed by atoms with Gasteiger partial charge in [-0.15, -0.1) is 0 Å². The summed E-state index contributed by atoms with van der Waals surface area (Å²) in [7, 11) is 0. The topological polar surface area (TPSA) is 17.1 Å². The summed E-state index contributed by atoms with van der Waals surface area (Å²) in [5.41, 5.74) is 0.662. The summed E-state index contributed by atoms with van der Waals surface area (Å²) in [6.45, 7) is 2.48. The minimum absolute atomic E-state index is 0.140. The second-order valence-electron chi connectivity index (χ2n) is 8.75. The number of hydrogen-bond acceptors (Lipinski definition) is 1. The fourth-order valence-electron chi connectivity index (χ4n) is 6.81. The van der Waals surface area contributed by atoms with Gasteiger partial charge >= 0.3 is 0 Å². The van der Waals surface area contributed by atoms with Gasteiger partial charge in [0, 0.05) is 11.3 Å². The highest BCUT2D eigenvalue weighted by atomic mass is 16.1. The van der Waals surface area contributed by atoms with Gasteiger partial charge in [-0.1, -0.05) is 26.2 Å². The molecule has 5 fully saturated rings. The van der Waals surface area contributed by atoms with E-state index in [1.807, 2.05) is 0 Å². The van der Waals surface area contributed by atoms with E-state index in [2.05, 4.69) is 6.92 Å². The summed E-state index contributed by atoms with van der Waals surface area (Å²) < 4.78 is 0. The van der Waals surface area contributed by atoms with Crippen molar-refractivity contribution in [3.63, 3.8) is 0 Å². The lowest BCUT2D eigenvalue weighted by Gasteiger charge is -2.61. The van der Waals surface area contributed by atoms with Crippen LogP contribution in [-0.2, 0) is 4.79 Å². The fraction of sp³-hybridized carbons (Fsp3) is 0.944. The van der Waals surface area contributed by atoms with Crippen molar-refractivity contribution < 1.29 is 4.79 Å². The Kier molecular flexibility index (Phi) is 2.67. The van der Waals surface area contributed by atoms with Crippen LogP contribution in [-0.4, -0.2) is 5.78 Å². The molecule has 0 N–H and O–H groups in total. The minimum atomic E-state index is 0.140. The van der Waals surface area contributed by atoms with Crippen molar-refractivity contribution in [3.05, 3.63) is 0 Å². The summed E-state index contributed by atoms with van der Waals surface area (Å²) in [5.74, 6) is 2.93. The minimum Gasteiger partial charge on any atom is -0.299 e. The van der Waals surface area contributed by atoms with Crippen LogP contribution in [0.5, 0.6) is 0 Å². The molecule has 0 aromatic carbocycles. The first-order valence-corrected chi connectivity index (χ1v) is 8.63. The van der Waals surface area contributed by atoms with Crippen molar-refractivity contribution >= 4 is 5.78 Å². The quantitative estimate of drug-likeness (QED) is 0.700. The average Bonchev–Trinajstić information content (AvgIpc) is 2.36. The third kappa shape index (κ3) is 1.91. The summed E-state index contributed by atoms with van der Waals surface area (Å²) in [5, 5.41) is 0. The molecule has 0 amide bonds. The lowest BCUT2D eigenvalue weighted by atomic mass is 9.43. The van der Waals surface area contributed by atoms with Crippen molar-refractivity contribution in [1.29, 1.82) is 0 Å². The molecule has 5 rings (SSSR count). The van der Waals surface area contributed by atoms with Crippen LogP contribution in [0, 0.1) is 28.6 Å². The Labute approximate surface area is 117 Å². The van der Waals surface area contributed by atoms with E-state index in [-0.39, 0.29) is 5.41 Å². The van der Waals surface area contributed by atoms with E-state index in [4.69, 9.17) is 0 Å². The predicted molar refractivity (Wildman–Crippen MR) is 76.8 cm³/mol. The molecule has 0 saturated heterocycles. The zero-order chi connectivity index (χ0) is 13.1. The van der Waals surface area contributed by atoms with Gasteiger partial charge in [0.1, 0.15) is 5.78 Å². The lowest BCUT2D eigenvalue weighted by Crippen LogP contribution is -2.55. The summed E-state index contributed by atoms with van der Waals surface area (Å²) in [6, 6.07) is 0. The van der Waals surface area contributed by atoms with Crippen molar-refractivity contribution in [3.8, 4) is 0 Å². The van der Waals surface area contributed by atoms with Gasteiger partial charge in [-0.05, 0) is 68.6 Å². The highest BCUT2D eigenvalue weighted by molar-refractivity contribution is 5.87. The lowest BCUT2D eigenvalue weighted by molar-refractivity contribution is -0.158. The standard InChI is InChI=1S/C18H28O/c1-17-8-13-7-14(9-17)11-18(10-13,12-17)16(19)15-5-3-2-4-6-15/h13-15H,2-12H2,1H3. The molecule has 0 aromatic heterocycles. The van der Waals surface area contributed by atoms with E-state index in [0.717, 1.165) is 11.8 Å². The van der Waals surface area contributed by atoms with Gasteiger partial charge in [0.25, 0.3) is 0 Å². The summed E-state index contributed by atoms with van der Waals surface area (Å²) in [6.07, 6.45) is 14.4. The Morgan fingerprint density at radius 2 is 1.58 bits per heavy atom. The van der Waals surface area contributed by atoms with Crippen LogP contribution in [0.1, 0.15) is 77.6 Å². The van der Waals surface area contributed by atoms with E-state index in [0.29, 0.717) is 17.1 Å². The molecule has 0 spiro atoms. The van der Waals surface area contributed by atoms with E-state index in [1.54, 1.807) is 0 Å². The molecule has 1 heteroatoms. The normalized spacial score (nSPS) is 49.5. The average molecular weight is 260 g/mol. The van der Waals surface area contributed by atoms with Crippen molar-refractivity contribution in [1.82, 2.24) is 0 Å². The van der Waals surface area contributed by atoms with Gasteiger partial charge in [0.2, 0.25) is 0 Å². The maximum atomic E-state index is 13.2. The molecule has 19 heavy (non-hydrogen) atoms. The van der Waals surface area contributed by atoms with E-state index in [9.17, 15) is 4.79 Å². The molecule has 1 nitrogen and oxygen atoms in total. The fourth-order valence-corrected chi connectivity index (χ4v) is 6.81. The van der Waals surface area contributed by atoms with Gasteiger partial charge in [0.15, 0.2) is 0 Å². The molecule has 0 aromatic rings. The Morgan fingerprint density at radius 3 is 2.16 bits per heavy atom. The van der Waals surface area contributed by atoms with E-state index in [1.165, 1.54) is 70.6 Å². The number of rotatable bonds is 2. The Morgan fingerprint density at radius 1 is 0.947 bits per heavy atom. The first kappa shape index (κ1) is 12.4. The molecule has 2 unspecified atom stereocenters. The second-order valence-corrected chi connectivity index (χ2v) is 8.75. The molecule has 2 atom stereocenters. The summed E-state index contributed by atoms with van der Waals surface area (Å²) in [4.78, 5) is 13.2. The zero-order valence-corrected chi connectivity index (χ0v) is 12.4. The third-order valence-electron chi connectivity index (χ3n) is 6.85. The molecular weight excluding hydrogens is 232 g/mol. The maximum Gasteiger partial charge on any atom is 0.142 e. The molecule has 0 radical (unpaired) electrons. The third-order valence-corrected chi connectivity index (χ3v) is 6.85. The number of ketones is 1. The van der Waals surface area contributed by atoms with Crippen LogP contribution in [0.15, 0.2) is 0 Å². The molecule has 5 aliphatic carbocycles. The number of carbonyl (C=O) groups is 1. The van der Waals surface area contributed by atoms with Crippen LogP contribution in [0.4, 0.5) is 0 Å². The van der Waals surface area contributed by atoms with Gasteiger partial charge < -0.3 is 0 Å². The first-order chi connectivity index (χ1) is 9.09. The summed E-state index contributed by atoms with van der Waals surface area (Å²) >= 11 is 0. The maximum absolute atomic E-state index is 13.2. The van der Waals surface area contributed by atoms with Crippen LogP contribution in [0.25, 0.3) is 0 Å². The van der Waals surface area contributed by atoms with Gasteiger partial charge in [-0.25, -0.2) is 0 Å². The molecule has 4 bridgehead atoms. The second kappa shape index (κ2) is 4.09. The Hall–Kier alpha value is -0.330. The molecule has 0 aliphatic heterocycles. The largest absolute Gasteiger partial charge is 0.299 e. The van der Waals surface area contributed by atoms with E-state index < -0.39 is 0 Å². The predicted octanol–water partition coefficient (Wildman–Crippen LogP) is 4.74. The Balaban J connectivity index is 1.60.